The fraction of sp³-hybridized carbons (Fsp3) is 0.111. The highest BCUT2D eigenvalue weighted by Gasteiger charge is 2.19. The Balaban J connectivity index is 1.23. The second-order valence-electron chi connectivity index (χ2n) is 10.7. The molecule has 1 atom stereocenters. The molecular weight excluding hydrogens is 647 g/mol. The van der Waals surface area contributed by atoms with E-state index < -0.39 is 22.0 Å². The summed E-state index contributed by atoms with van der Waals surface area (Å²) in [6, 6.07) is 29.1. The average Bonchev–Trinajstić information content (AvgIpc) is 3.45. The molecule has 0 aliphatic rings. The van der Waals surface area contributed by atoms with Crippen LogP contribution in [0.4, 0.5) is 16.5 Å². The number of nitrogens with zero attached hydrogens (tertiary/aromatic N) is 2. The van der Waals surface area contributed by atoms with Crippen molar-refractivity contribution in [2.24, 2.45) is 0 Å². The molecule has 0 aliphatic carbocycles. The van der Waals surface area contributed by atoms with Crippen LogP contribution in [0.25, 0.3) is 17.3 Å². The van der Waals surface area contributed by atoms with Crippen molar-refractivity contribution in [3.63, 3.8) is 0 Å². The Morgan fingerprint density at radius 2 is 1.54 bits per heavy atom. The zero-order valence-corrected chi connectivity index (χ0v) is 27.9. The lowest BCUT2D eigenvalue weighted by atomic mass is 10.1. The van der Waals surface area contributed by atoms with Crippen LogP contribution in [0.3, 0.4) is 0 Å². The number of carbonyl (C=O) groups excluding carboxylic acids is 3. The summed E-state index contributed by atoms with van der Waals surface area (Å²) in [6.07, 6.45) is 1.44. The Morgan fingerprint density at radius 1 is 0.875 bits per heavy atom. The lowest BCUT2D eigenvalue weighted by Crippen LogP contribution is -2.30. The van der Waals surface area contributed by atoms with Crippen LogP contribution in [0.5, 0.6) is 0 Å². The van der Waals surface area contributed by atoms with Crippen molar-refractivity contribution in [3.8, 4) is 11.3 Å². The van der Waals surface area contributed by atoms with Crippen molar-refractivity contribution in [3.05, 3.63) is 141 Å². The van der Waals surface area contributed by atoms with E-state index >= 15 is 0 Å². The van der Waals surface area contributed by atoms with Gasteiger partial charge in [0.15, 0.2) is 5.13 Å². The first-order valence-electron chi connectivity index (χ1n) is 14.8. The molecule has 1 unspecified atom stereocenters. The summed E-state index contributed by atoms with van der Waals surface area (Å²) in [5.74, 6) is -1.26. The van der Waals surface area contributed by atoms with Crippen LogP contribution in [0.15, 0.2) is 114 Å². The van der Waals surface area contributed by atoms with Crippen molar-refractivity contribution >= 4 is 63.4 Å². The summed E-state index contributed by atoms with van der Waals surface area (Å²) in [5, 5.41) is 19.5. The van der Waals surface area contributed by atoms with E-state index in [0.717, 1.165) is 26.6 Å². The number of amides is 3. The maximum absolute atomic E-state index is 13.4. The highest BCUT2D eigenvalue weighted by Crippen LogP contribution is 2.32. The molecule has 5 rings (SSSR count). The van der Waals surface area contributed by atoms with Gasteiger partial charge in [-0.15, -0.1) is 23.1 Å². The minimum atomic E-state index is -0.588. The number of nitro groups is 1. The standard InChI is InChI=1S/C36H31N5O5S2/c1-22-9-13-26(14-10-22)32-23(2)48-36(39-32)40-33(42)24(3)47-30-19-15-28(16-20-30)37-35(44)31(38-34(43)27-7-5-4-6-8-27)21-25-11-17-29(18-12-25)41(45)46/h4-21,24H,1-3H3,(H,37,44)(H,38,43)(H,39,40,42)/b31-21-. The molecule has 10 nitrogen and oxygen atoms in total. The van der Waals surface area contributed by atoms with Crippen molar-refractivity contribution in [1.82, 2.24) is 10.3 Å². The number of anilines is 2. The lowest BCUT2D eigenvalue weighted by molar-refractivity contribution is -0.384. The first kappa shape index (κ1) is 33.8. The number of aryl methyl sites for hydroxylation is 2. The first-order valence-corrected chi connectivity index (χ1v) is 16.5. The fourth-order valence-electron chi connectivity index (χ4n) is 4.51. The molecule has 242 valence electrons. The van der Waals surface area contributed by atoms with Gasteiger partial charge in [-0.3, -0.25) is 24.5 Å². The van der Waals surface area contributed by atoms with Gasteiger partial charge >= 0.3 is 0 Å². The van der Waals surface area contributed by atoms with Gasteiger partial charge in [-0.1, -0.05) is 48.0 Å². The number of rotatable bonds is 11. The van der Waals surface area contributed by atoms with E-state index in [1.54, 1.807) is 54.6 Å². The maximum atomic E-state index is 13.4. The van der Waals surface area contributed by atoms with Gasteiger partial charge in [0.2, 0.25) is 5.91 Å². The van der Waals surface area contributed by atoms with E-state index in [0.29, 0.717) is 21.9 Å². The van der Waals surface area contributed by atoms with Gasteiger partial charge in [-0.2, -0.15) is 0 Å². The second kappa shape index (κ2) is 15.3. The molecule has 0 saturated carbocycles. The number of nitrogens with one attached hydrogen (secondary N) is 3. The number of benzene rings is 4. The van der Waals surface area contributed by atoms with Crippen LogP contribution in [0, 0.1) is 24.0 Å². The minimum absolute atomic E-state index is 0.0515. The molecule has 0 aliphatic heterocycles. The van der Waals surface area contributed by atoms with Gasteiger partial charge in [-0.25, -0.2) is 4.98 Å². The summed E-state index contributed by atoms with van der Waals surface area (Å²) >= 11 is 2.79. The van der Waals surface area contributed by atoms with E-state index in [9.17, 15) is 24.5 Å². The number of nitro benzene ring substituents is 1. The minimum Gasteiger partial charge on any atom is -0.321 e. The highest BCUT2D eigenvalue weighted by atomic mass is 32.2. The van der Waals surface area contributed by atoms with Gasteiger partial charge < -0.3 is 16.0 Å². The Kier molecular flexibility index (Phi) is 10.8. The van der Waals surface area contributed by atoms with Crippen molar-refractivity contribution in [2.45, 2.75) is 30.9 Å². The van der Waals surface area contributed by atoms with Crippen molar-refractivity contribution in [1.29, 1.82) is 0 Å². The largest absolute Gasteiger partial charge is 0.321 e. The number of hydrogen-bond donors (Lipinski definition) is 3. The maximum Gasteiger partial charge on any atom is 0.272 e. The highest BCUT2D eigenvalue weighted by molar-refractivity contribution is 8.00. The fourth-order valence-corrected chi connectivity index (χ4v) is 6.22. The Labute approximate surface area is 285 Å². The van der Waals surface area contributed by atoms with Crippen LogP contribution >= 0.6 is 23.1 Å². The number of thioether (sulfide) groups is 1. The molecule has 0 fully saturated rings. The Bertz CT molecular complexity index is 1970. The van der Waals surface area contributed by atoms with Gasteiger partial charge in [0, 0.05) is 38.7 Å². The topological polar surface area (TPSA) is 143 Å². The molecule has 12 heteroatoms. The van der Waals surface area contributed by atoms with Gasteiger partial charge in [-0.05, 0) is 80.9 Å². The third kappa shape index (κ3) is 8.81. The monoisotopic (exact) mass is 677 g/mol. The molecule has 0 spiro atoms. The molecule has 3 N–H and O–H groups in total. The van der Waals surface area contributed by atoms with Crippen LogP contribution in [-0.4, -0.2) is 32.9 Å². The van der Waals surface area contributed by atoms with Crippen LogP contribution in [0.2, 0.25) is 0 Å². The van der Waals surface area contributed by atoms with Gasteiger partial charge in [0.25, 0.3) is 17.5 Å². The van der Waals surface area contributed by atoms with Crippen molar-refractivity contribution < 1.29 is 19.3 Å². The van der Waals surface area contributed by atoms with Gasteiger partial charge in [0.1, 0.15) is 5.70 Å². The number of non-ortho nitro benzene ring substituents is 1. The summed E-state index contributed by atoms with van der Waals surface area (Å²) in [5.41, 5.74) is 4.16. The number of carbonyl (C=O) groups is 3. The second-order valence-corrected chi connectivity index (χ2v) is 13.4. The summed E-state index contributed by atoms with van der Waals surface area (Å²) in [4.78, 5) is 56.2. The third-order valence-corrected chi connectivity index (χ3v) is 9.09. The molecule has 5 aromatic rings. The predicted molar refractivity (Wildman–Crippen MR) is 191 cm³/mol. The molecular formula is C36H31N5O5S2. The van der Waals surface area contributed by atoms with E-state index in [1.807, 2.05) is 45.0 Å². The Morgan fingerprint density at radius 3 is 2.19 bits per heavy atom. The van der Waals surface area contributed by atoms with Crippen LogP contribution in [-0.2, 0) is 9.59 Å². The SMILES string of the molecule is Cc1ccc(-c2nc(NC(=O)C(C)Sc3ccc(NC(=O)/C(=C/c4ccc([N+](=O)[O-])cc4)NC(=O)c4ccccc4)cc3)sc2C)cc1. The molecule has 3 amide bonds. The normalized spacial score (nSPS) is 11.8. The zero-order chi connectivity index (χ0) is 34.2. The molecule has 1 heterocycles. The summed E-state index contributed by atoms with van der Waals surface area (Å²) in [7, 11) is 0. The molecule has 0 radical (unpaired) electrons. The predicted octanol–water partition coefficient (Wildman–Crippen LogP) is 7.86. The number of hydrogen-bond acceptors (Lipinski definition) is 8. The van der Waals surface area contributed by atoms with E-state index in [2.05, 4.69) is 20.9 Å². The summed E-state index contributed by atoms with van der Waals surface area (Å²) < 4.78 is 0. The molecule has 0 bridgehead atoms. The van der Waals surface area contributed by atoms with E-state index in [1.165, 1.54) is 53.4 Å². The first-order chi connectivity index (χ1) is 23.0. The van der Waals surface area contributed by atoms with E-state index in [4.69, 9.17) is 0 Å². The van der Waals surface area contributed by atoms with Crippen molar-refractivity contribution in [2.75, 3.05) is 10.6 Å². The third-order valence-electron chi connectivity index (χ3n) is 7.09. The Hall–Kier alpha value is -5.59. The molecule has 48 heavy (non-hydrogen) atoms. The molecule has 0 saturated heterocycles. The molecule has 1 aromatic heterocycles. The summed E-state index contributed by atoms with van der Waals surface area (Å²) in [6.45, 7) is 5.81. The van der Waals surface area contributed by atoms with Crippen LogP contribution < -0.4 is 16.0 Å². The number of aromatic nitrogens is 1. The quantitative estimate of drug-likeness (QED) is 0.0559. The smallest absolute Gasteiger partial charge is 0.272 e. The lowest BCUT2D eigenvalue weighted by Gasteiger charge is -2.13. The molecule has 4 aromatic carbocycles. The van der Waals surface area contributed by atoms with E-state index in [-0.39, 0.29) is 17.3 Å². The van der Waals surface area contributed by atoms with Gasteiger partial charge in [0.05, 0.1) is 15.9 Å². The number of thiazole rings is 1. The average molecular weight is 678 g/mol. The zero-order valence-electron chi connectivity index (χ0n) is 26.2. The van der Waals surface area contributed by atoms with Crippen LogP contribution in [0.1, 0.15) is 33.3 Å².